The third-order valence-electron chi connectivity index (χ3n) is 3.99. The normalized spacial score (nSPS) is 18.6. The van der Waals surface area contributed by atoms with Gasteiger partial charge >= 0.3 is 0 Å². The van der Waals surface area contributed by atoms with Crippen LogP contribution in [0.3, 0.4) is 0 Å². The molecule has 1 saturated heterocycles. The largest absolute Gasteiger partial charge is 0.468 e. The summed E-state index contributed by atoms with van der Waals surface area (Å²) in [4.78, 5) is 14.4. The van der Waals surface area contributed by atoms with E-state index in [2.05, 4.69) is 22.5 Å². The Morgan fingerprint density at radius 1 is 1.43 bits per heavy atom. The number of hydrogen-bond acceptors (Lipinski definition) is 4. The lowest BCUT2D eigenvalue weighted by Gasteiger charge is -2.26. The molecule has 0 spiro atoms. The van der Waals surface area contributed by atoms with Crippen LogP contribution in [0.25, 0.3) is 0 Å². The van der Waals surface area contributed by atoms with E-state index >= 15 is 0 Å². The number of amides is 1. The van der Waals surface area contributed by atoms with Crippen LogP contribution >= 0.6 is 0 Å². The minimum absolute atomic E-state index is 0.0965. The summed E-state index contributed by atoms with van der Waals surface area (Å²) in [6.45, 7) is 7.74. The van der Waals surface area contributed by atoms with E-state index in [1.807, 2.05) is 19.1 Å². The fraction of sp³-hybridized carbons (Fsp3) is 0.688. The SMILES string of the molecule is CCNC(C)CC(=O)NCC(c1ccco1)N1CCCC1. The van der Waals surface area contributed by atoms with Crippen molar-refractivity contribution < 1.29 is 9.21 Å². The number of rotatable bonds is 8. The Hall–Kier alpha value is -1.33. The molecule has 2 atom stereocenters. The highest BCUT2D eigenvalue weighted by molar-refractivity contribution is 5.76. The number of nitrogens with one attached hydrogen (secondary N) is 2. The first-order valence-electron chi connectivity index (χ1n) is 7.98. The quantitative estimate of drug-likeness (QED) is 0.769. The van der Waals surface area contributed by atoms with Crippen LogP contribution in [0.5, 0.6) is 0 Å². The van der Waals surface area contributed by atoms with Gasteiger partial charge in [-0.3, -0.25) is 9.69 Å². The summed E-state index contributed by atoms with van der Waals surface area (Å²) in [6.07, 6.45) is 4.66. The van der Waals surface area contributed by atoms with Gasteiger partial charge in [-0.1, -0.05) is 6.92 Å². The first-order chi connectivity index (χ1) is 10.2. The number of hydrogen-bond donors (Lipinski definition) is 2. The van der Waals surface area contributed by atoms with Crippen molar-refractivity contribution in [2.24, 2.45) is 0 Å². The fourth-order valence-corrected chi connectivity index (χ4v) is 2.93. The summed E-state index contributed by atoms with van der Waals surface area (Å²) >= 11 is 0. The van der Waals surface area contributed by atoms with Gasteiger partial charge in [0, 0.05) is 19.0 Å². The first kappa shape index (κ1) is 16.0. The lowest BCUT2D eigenvalue weighted by molar-refractivity contribution is -0.121. The van der Waals surface area contributed by atoms with E-state index in [1.165, 1.54) is 12.8 Å². The van der Waals surface area contributed by atoms with Crippen LogP contribution in [0.1, 0.15) is 44.9 Å². The molecule has 5 heteroatoms. The third kappa shape index (κ3) is 4.86. The highest BCUT2D eigenvalue weighted by atomic mass is 16.3. The summed E-state index contributed by atoms with van der Waals surface area (Å²) in [5.74, 6) is 1.04. The van der Waals surface area contributed by atoms with Crippen molar-refractivity contribution in [1.82, 2.24) is 15.5 Å². The first-order valence-corrected chi connectivity index (χ1v) is 7.98. The van der Waals surface area contributed by atoms with Gasteiger partial charge in [-0.2, -0.15) is 0 Å². The molecule has 118 valence electrons. The van der Waals surface area contributed by atoms with Crippen molar-refractivity contribution in [3.63, 3.8) is 0 Å². The molecule has 0 bridgehead atoms. The summed E-state index contributed by atoms with van der Waals surface area (Å²) in [6, 6.07) is 4.27. The molecular weight excluding hydrogens is 266 g/mol. The Bertz CT molecular complexity index is 413. The van der Waals surface area contributed by atoms with Crippen LogP contribution in [-0.4, -0.2) is 43.0 Å². The highest BCUT2D eigenvalue weighted by Gasteiger charge is 2.25. The number of nitrogens with zero attached hydrogens (tertiary/aromatic N) is 1. The number of carbonyl (C=O) groups is 1. The smallest absolute Gasteiger partial charge is 0.221 e. The third-order valence-corrected chi connectivity index (χ3v) is 3.99. The summed E-state index contributed by atoms with van der Waals surface area (Å²) in [7, 11) is 0. The van der Waals surface area contributed by atoms with Crippen molar-refractivity contribution in [3.8, 4) is 0 Å². The zero-order chi connectivity index (χ0) is 15.1. The molecular formula is C16H27N3O2. The molecule has 2 rings (SSSR count). The molecule has 0 aliphatic carbocycles. The van der Waals surface area contributed by atoms with E-state index < -0.39 is 0 Å². The van der Waals surface area contributed by atoms with Crippen molar-refractivity contribution in [1.29, 1.82) is 0 Å². The average molecular weight is 293 g/mol. The van der Waals surface area contributed by atoms with Gasteiger partial charge in [-0.05, 0) is 51.5 Å². The van der Waals surface area contributed by atoms with Gasteiger partial charge in [-0.25, -0.2) is 0 Å². The summed E-state index contributed by atoms with van der Waals surface area (Å²) < 4.78 is 5.55. The maximum Gasteiger partial charge on any atom is 0.221 e. The standard InChI is InChI=1S/C16H27N3O2/c1-3-17-13(2)11-16(20)18-12-14(15-7-6-10-21-15)19-8-4-5-9-19/h6-7,10,13-14,17H,3-5,8-9,11-12H2,1-2H3,(H,18,20). The average Bonchev–Trinajstić information content (AvgIpc) is 3.12. The van der Waals surface area contributed by atoms with Crippen LogP contribution < -0.4 is 10.6 Å². The number of carbonyl (C=O) groups excluding carboxylic acids is 1. The van der Waals surface area contributed by atoms with Gasteiger partial charge in [0.2, 0.25) is 5.91 Å². The predicted octanol–water partition coefficient (Wildman–Crippen LogP) is 1.92. The fourth-order valence-electron chi connectivity index (χ4n) is 2.93. The van der Waals surface area contributed by atoms with E-state index in [1.54, 1.807) is 6.26 Å². The van der Waals surface area contributed by atoms with Gasteiger partial charge in [0.25, 0.3) is 0 Å². The maximum atomic E-state index is 12.0. The highest BCUT2D eigenvalue weighted by Crippen LogP contribution is 2.24. The zero-order valence-electron chi connectivity index (χ0n) is 13.1. The second-order valence-electron chi connectivity index (χ2n) is 5.74. The molecule has 1 fully saturated rings. The number of likely N-dealkylation sites (tertiary alicyclic amines) is 1. The van der Waals surface area contributed by atoms with Gasteiger partial charge in [0.15, 0.2) is 0 Å². The lowest BCUT2D eigenvalue weighted by Crippen LogP contribution is -2.39. The van der Waals surface area contributed by atoms with Gasteiger partial charge < -0.3 is 15.1 Å². The van der Waals surface area contributed by atoms with Crippen LogP contribution in [-0.2, 0) is 4.79 Å². The maximum absolute atomic E-state index is 12.0. The monoisotopic (exact) mass is 293 g/mol. The molecule has 1 aromatic heterocycles. The molecule has 2 N–H and O–H groups in total. The molecule has 0 radical (unpaired) electrons. The Balaban J connectivity index is 1.86. The molecule has 1 aromatic rings. The molecule has 0 aromatic carbocycles. The minimum Gasteiger partial charge on any atom is -0.468 e. The molecule has 2 unspecified atom stereocenters. The Morgan fingerprint density at radius 3 is 2.81 bits per heavy atom. The summed E-state index contributed by atoms with van der Waals surface area (Å²) in [5, 5.41) is 6.31. The van der Waals surface area contributed by atoms with Crippen LogP contribution in [0.2, 0.25) is 0 Å². The van der Waals surface area contributed by atoms with Crippen LogP contribution in [0, 0.1) is 0 Å². The van der Waals surface area contributed by atoms with Gasteiger partial charge in [0.1, 0.15) is 5.76 Å². The predicted molar refractivity (Wildman–Crippen MR) is 83.0 cm³/mol. The Labute approximate surface area is 127 Å². The second kappa shape index (κ2) is 8.20. The molecule has 0 saturated carbocycles. The van der Waals surface area contributed by atoms with Crippen molar-refractivity contribution in [2.75, 3.05) is 26.2 Å². The van der Waals surface area contributed by atoms with Crippen molar-refractivity contribution in [3.05, 3.63) is 24.2 Å². The Kier molecular flexibility index (Phi) is 6.26. The molecule has 21 heavy (non-hydrogen) atoms. The topological polar surface area (TPSA) is 57.5 Å². The lowest BCUT2D eigenvalue weighted by atomic mass is 10.1. The van der Waals surface area contributed by atoms with E-state index in [-0.39, 0.29) is 18.0 Å². The summed E-state index contributed by atoms with van der Waals surface area (Å²) in [5.41, 5.74) is 0. The van der Waals surface area contributed by atoms with E-state index in [9.17, 15) is 4.79 Å². The molecule has 1 aliphatic heterocycles. The zero-order valence-corrected chi connectivity index (χ0v) is 13.1. The second-order valence-corrected chi connectivity index (χ2v) is 5.74. The molecule has 5 nitrogen and oxygen atoms in total. The van der Waals surface area contributed by atoms with Crippen LogP contribution in [0.15, 0.2) is 22.8 Å². The molecule has 1 aliphatic rings. The van der Waals surface area contributed by atoms with Gasteiger partial charge in [0.05, 0.1) is 12.3 Å². The van der Waals surface area contributed by atoms with Crippen LogP contribution in [0.4, 0.5) is 0 Å². The van der Waals surface area contributed by atoms with E-state index in [0.29, 0.717) is 13.0 Å². The van der Waals surface area contributed by atoms with E-state index in [0.717, 1.165) is 25.4 Å². The van der Waals surface area contributed by atoms with Gasteiger partial charge in [-0.15, -0.1) is 0 Å². The number of furan rings is 1. The molecule has 2 heterocycles. The van der Waals surface area contributed by atoms with Crippen molar-refractivity contribution in [2.45, 2.75) is 45.2 Å². The Morgan fingerprint density at radius 2 is 2.19 bits per heavy atom. The molecule has 1 amide bonds. The van der Waals surface area contributed by atoms with Crippen molar-refractivity contribution >= 4 is 5.91 Å². The minimum atomic E-state index is 0.0965. The van der Waals surface area contributed by atoms with E-state index in [4.69, 9.17) is 4.42 Å².